The monoisotopic (exact) mass is 233 g/mol. The molecule has 0 aromatic heterocycles. The number of ether oxygens (including phenoxy) is 1. The van der Waals surface area contributed by atoms with Gasteiger partial charge in [-0.1, -0.05) is 26.0 Å². The maximum Gasteiger partial charge on any atom is 0.119 e. The minimum absolute atomic E-state index is 0.394. The van der Waals surface area contributed by atoms with E-state index in [1.807, 2.05) is 0 Å². The highest BCUT2D eigenvalue weighted by molar-refractivity contribution is 5.29. The Labute approximate surface area is 104 Å². The van der Waals surface area contributed by atoms with Crippen LogP contribution in [0.15, 0.2) is 24.3 Å². The van der Waals surface area contributed by atoms with Crippen LogP contribution in [0.5, 0.6) is 5.75 Å². The molecule has 0 unspecified atom stereocenters. The van der Waals surface area contributed by atoms with E-state index in [9.17, 15) is 0 Å². The molecule has 1 aliphatic carbocycles. The Balaban J connectivity index is 1.87. The third-order valence-electron chi connectivity index (χ3n) is 3.72. The minimum Gasteiger partial charge on any atom is -0.493 e. The molecule has 0 amide bonds. The summed E-state index contributed by atoms with van der Waals surface area (Å²) in [7, 11) is 0. The van der Waals surface area contributed by atoms with Crippen molar-refractivity contribution in [3.05, 3.63) is 29.8 Å². The van der Waals surface area contributed by atoms with Crippen molar-refractivity contribution in [3.63, 3.8) is 0 Å². The van der Waals surface area contributed by atoms with Crippen LogP contribution < -0.4 is 10.5 Å². The van der Waals surface area contributed by atoms with Gasteiger partial charge < -0.3 is 10.5 Å². The van der Waals surface area contributed by atoms with Crippen LogP contribution in [-0.2, 0) is 0 Å². The smallest absolute Gasteiger partial charge is 0.119 e. The van der Waals surface area contributed by atoms with Crippen molar-refractivity contribution in [1.29, 1.82) is 0 Å². The first-order chi connectivity index (χ1) is 8.15. The molecule has 1 saturated carbocycles. The van der Waals surface area contributed by atoms with Crippen molar-refractivity contribution in [3.8, 4) is 5.75 Å². The highest BCUT2D eigenvalue weighted by atomic mass is 16.5. The summed E-state index contributed by atoms with van der Waals surface area (Å²) in [6, 6.07) is 8.47. The van der Waals surface area contributed by atoms with Gasteiger partial charge in [0, 0.05) is 5.41 Å². The summed E-state index contributed by atoms with van der Waals surface area (Å²) in [4.78, 5) is 0. The van der Waals surface area contributed by atoms with Crippen molar-refractivity contribution < 1.29 is 4.74 Å². The van der Waals surface area contributed by atoms with Crippen LogP contribution in [0.1, 0.15) is 44.6 Å². The van der Waals surface area contributed by atoms with Crippen molar-refractivity contribution in [2.75, 3.05) is 13.2 Å². The maximum absolute atomic E-state index is 5.87. The fraction of sp³-hybridized carbons (Fsp3) is 0.600. The average molecular weight is 233 g/mol. The molecule has 1 aliphatic rings. The number of rotatable bonds is 6. The molecule has 0 saturated heterocycles. The summed E-state index contributed by atoms with van der Waals surface area (Å²) < 4.78 is 5.87. The maximum atomic E-state index is 5.87. The number of nitrogens with two attached hydrogens (primary N) is 1. The lowest BCUT2D eigenvalue weighted by Crippen LogP contribution is -2.17. The molecular formula is C15H23NO. The van der Waals surface area contributed by atoms with E-state index in [0.717, 1.165) is 25.3 Å². The van der Waals surface area contributed by atoms with Crippen LogP contribution >= 0.6 is 0 Å². The molecule has 0 aliphatic heterocycles. The van der Waals surface area contributed by atoms with E-state index in [2.05, 4.69) is 38.1 Å². The summed E-state index contributed by atoms with van der Waals surface area (Å²) in [6.45, 7) is 6.01. The Morgan fingerprint density at radius 1 is 1.24 bits per heavy atom. The third-order valence-corrected chi connectivity index (χ3v) is 3.72. The van der Waals surface area contributed by atoms with Crippen molar-refractivity contribution in [1.82, 2.24) is 0 Å². The van der Waals surface area contributed by atoms with E-state index in [-0.39, 0.29) is 0 Å². The van der Waals surface area contributed by atoms with Gasteiger partial charge >= 0.3 is 0 Å². The first-order valence-electron chi connectivity index (χ1n) is 6.58. The minimum atomic E-state index is 0.394. The summed E-state index contributed by atoms with van der Waals surface area (Å²) in [5.41, 5.74) is 7.38. The molecule has 0 spiro atoms. The lowest BCUT2D eigenvalue weighted by molar-refractivity contribution is 0.227. The molecule has 0 bridgehead atoms. The van der Waals surface area contributed by atoms with Gasteiger partial charge in [-0.25, -0.2) is 0 Å². The Bertz CT molecular complexity index is 352. The predicted octanol–water partition coefficient (Wildman–Crippen LogP) is 3.32. The van der Waals surface area contributed by atoms with Gasteiger partial charge in [-0.05, 0) is 49.4 Å². The van der Waals surface area contributed by atoms with Crippen LogP contribution in [0.25, 0.3) is 0 Å². The van der Waals surface area contributed by atoms with E-state index in [0.29, 0.717) is 11.3 Å². The van der Waals surface area contributed by atoms with Crippen molar-refractivity contribution in [2.24, 2.45) is 11.1 Å². The molecule has 2 nitrogen and oxygen atoms in total. The fourth-order valence-corrected chi connectivity index (χ4v) is 2.13. The Hall–Kier alpha value is -1.02. The van der Waals surface area contributed by atoms with Gasteiger partial charge in [-0.2, -0.15) is 0 Å². The Kier molecular flexibility index (Phi) is 3.72. The SMILES string of the molecule is CC(C)c1ccc(OCC2(CCN)CC2)cc1. The molecule has 17 heavy (non-hydrogen) atoms. The molecule has 1 aromatic carbocycles. The Morgan fingerprint density at radius 2 is 1.88 bits per heavy atom. The first-order valence-corrected chi connectivity index (χ1v) is 6.58. The molecule has 0 radical (unpaired) electrons. The second-order valence-corrected chi connectivity index (χ2v) is 5.55. The molecule has 94 valence electrons. The van der Waals surface area contributed by atoms with Crippen molar-refractivity contribution in [2.45, 2.75) is 39.0 Å². The van der Waals surface area contributed by atoms with Crippen molar-refractivity contribution >= 4 is 0 Å². The molecule has 2 N–H and O–H groups in total. The van der Waals surface area contributed by atoms with Crippen LogP contribution in [0.3, 0.4) is 0 Å². The highest BCUT2D eigenvalue weighted by Gasteiger charge is 2.42. The molecule has 2 rings (SSSR count). The fourth-order valence-electron chi connectivity index (χ4n) is 2.13. The highest BCUT2D eigenvalue weighted by Crippen LogP contribution is 2.48. The largest absolute Gasteiger partial charge is 0.493 e. The molecule has 1 aromatic rings. The average Bonchev–Trinajstić information content (AvgIpc) is 3.08. The van der Waals surface area contributed by atoms with Crippen LogP contribution in [0.4, 0.5) is 0 Å². The third kappa shape index (κ3) is 3.22. The van der Waals surface area contributed by atoms with Crippen LogP contribution in [0.2, 0.25) is 0 Å². The molecular weight excluding hydrogens is 210 g/mol. The van der Waals surface area contributed by atoms with Gasteiger partial charge in [-0.15, -0.1) is 0 Å². The molecule has 1 fully saturated rings. The molecule has 0 heterocycles. The van der Waals surface area contributed by atoms with E-state index in [1.165, 1.54) is 18.4 Å². The zero-order valence-electron chi connectivity index (χ0n) is 10.9. The molecule has 2 heteroatoms. The quantitative estimate of drug-likeness (QED) is 0.818. The number of hydrogen-bond acceptors (Lipinski definition) is 2. The van der Waals surface area contributed by atoms with E-state index < -0.39 is 0 Å². The zero-order chi connectivity index (χ0) is 12.3. The standard InChI is InChI=1S/C15H23NO/c1-12(2)13-3-5-14(6-4-13)17-11-15(7-8-15)9-10-16/h3-6,12H,7-11,16H2,1-2H3. The van der Waals surface area contributed by atoms with E-state index >= 15 is 0 Å². The van der Waals surface area contributed by atoms with Gasteiger partial charge in [0.1, 0.15) is 5.75 Å². The lowest BCUT2D eigenvalue weighted by atomic mass is 10.0. The van der Waals surface area contributed by atoms with Crippen LogP contribution in [0, 0.1) is 5.41 Å². The number of hydrogen-bond donors (Lipinski definition) is 1. The summed E-state index contributed by atoms with van der Waals surface area (Å²) in [6.07, 6.45) is 3.64. The normalized spacial score (nSPS) is 17.2. The zero-order valence-corrected chi connectivity index (χ0v) is 10.9. The first kappa shape index (κ1) is 12.4. The van der Waals surface area contributed by atoms with E-state index in [4.69, 9.17) is 10.5 Å². The second kappa shape index (κ2) is 5.09. The lowest BCUT2D eigenvalue weighted by Gasteiger charge is -2.15. The summed E-state index contributed by atoms with van der Waals surface area (Å²) >= 11 is 0. The predicted molar refractivity (Wildman–Crippen MR) is 71.4 cm³/mol. The van der Waals surface area contributed by atoms with Gasteiger partial charge in [-0.3, -0.25) is 0 Å². The van der Waals surface area contributed by atoms with Gasteiger partial charge in [0.15, 0.2) is 0 Å². The summed E-state index contributed by atoms with van der Waals surface area (Å²) in [5.74, 6) is 1.56. The van der Waals surface area contributed by atoms with Gasteiger partial charge in [0.25, 0.3) is 0 Å². The number of benzene rings is 1. The second-order valence-electron chi connectivity index (χ2n) is 5.55. The van der Waals surface area contributed by atoms with Gasteiger partial charge in [0.05, 0.1) is 6.61 Å². The van der Waals surface area contributed by atoms with E-state index in [1.54, 1.807) is 0 Å². The van der Waals surface area contributed by atoms with Gasteiger partial charge in [0.2, 0.25) is 0 Å². The Morgan fingerprint density at radius 3 is 2.35 bits per heavy atom. The summed E-state index contributed by atoms with van der Waals surface area (Å²) in [5, 5.41) is 0. The van der Waals surface area contributed by atoms with Crippen LogP contribution in [-0.4, -0.2) is 13.2 Å². The topological polar surface area (TPSA) is 35.2 Å². The molecule has 0 atom stereocenters.